The third-order valence-corrected chi connectivity index (χ3v) is 3.07. The average molecular weight is 234 g/mol. The highest BCUT2D eigenvalue weighted by Crippen LogP contribution is 2.17. The number of nitrogen functional groups attached to an aromatic ring is 1. The number of benzene rings is 1. The van der Waals surface area contributed by atoms with Gasteiger partial charge in [-0.25, -0.2) is 0 Å². The van der Waals surface area contributed by atoms with Crippen molar-refractivity contribution in [2.24, 2.45) is 5.41 Å². The first-order valence-electron chi connectivity index (χ1n) is 6.04. The molecule has 0 aliphatic heterocycles. The van der Waals surface area contributed by atoms with Gasteiger partial charge in [0.15, 0.2) is 0 Å². The van der Waals surface area contributed by atoms with Gasteiger partial charge in [-0.2, -0.15) is 0 Å². The van der Waals surface area contributed by atoms with Crippen molar-refractivity contribution in [1.82, 2.24) is 5.32 Å². The molecule has 0 heterocycles. The second-order valence-corrected chi connectivity index (χ2v) is 5.21. The molecule has 17 heavy (non-hydrogen) atoms. The molecule has 1 amide bonds. The number of nitrogens with two attached hydrogens (primary N) is 1. The summed E-state index contributed by atoms with van der Waals surface area (Å²) >= 11 is 0. The van der Waals surface area contributed by atoms with Gasteiger partial charge in [-0.15, -0.1) is 0 Å². The molecule has 0 saturated carbocycles. The lowest BCUT2D eigenvalue weighted by Crippen LogP contribution is -2.34. The lowest BCUT2D eigenvalue weighted by molar-refractivity contribution is -0.120. The summed E-state index contributed by atoms with van der Waals surface area (Å²) in [5.74, 6) is 0.0660. The molecular weight excluding hydrogens is 212 g/mol. The summed E-state index contributed by atoms with van der Waals surface area (Å²) in [5.41, 5.74) is 7.47. The van der Waals surface area contributed by atoms with E-state index >= 15 is 0 Å². The summed E-state index contributed by atoms with van der Waals surface area (Å²) in [4.78, 5) is 11.7. The molecule has 3 N–H and O–H groups in total. The first-order valence-corrected chi connectivity index (χ1v) is 6.04. The van der Waals surface area contributed by atoms with E-state index in [-0.39, 0.29) is 11.3 Å². The molecular formula is C14H22N2O. The molecule has 0 aliphatic carbocycles. The zero-order valence-electron chi connectivity index (χ0n) is 10.9. The maximum atomic E-state index is 11.7. The number of nitrogens with one attached hydrogen (secondary N) is 1. The fourth-order valence-electron chi connectivity index (χ4n) is 1.35. The third kappa shape index (κ3) is 4.89. The maximum absolute atomic E-state index is 11.7. The van der Waals surface area contributed by atoms with Gasteiger partial charge >= 0.3 is 0 Å². The summed E-state index contributed by atoms with van der Waals surface area (Å²) in [5, 5.41) is 2.97. The van der Waals surface area contributed by atoms with Crippen LogP contribution in [0.3, 0.4) is 0 Å². The van der Waals surface area contributed by atoms with Crippen molar-refractivity contribution in [1.29, 1.82) is 0 Å². The topological polar surface area (TPSA) is 55.1 Å². The summed E-state index contributed by atoms with van der Waals surface area (Å²) in [6.07, 6.45) is 1.47. The molecule has 3 heteroatoms. The number of amides is 1. The van der Waals surface area contributed by atoms with Gasteiger partial charge in [-0.05, 0) is 29.5 Å². The Labute approximate surface area is 103 Å². The quantitative estimate of drug-likeness (QED) is 0.768. The van der Waals surface area contributed by atoms with E-state index in [4.69, 9.17) is 5.73 Å². The largest absolute Gasteiger partial charge is 0.399 e. The maximum Gasteiger partial charge on any atom is 0.224 e. The number of anilines is 1. The third-order valence-electron chi connectivity index (χ3n) is 3.07. The van der Waals surface area contributed by atoms with E-state index in [9.17, 15) is 4.79 Å². The lowest BCUT2D eigenvalue weighted by atomic mass is 9.90. The molecule has 0 aliphatic rings. The van der Waals surface area contributed by atoms with Gasteiger partial charge in [0.05, 0.1) is 6.42 Å². The van der Waals surface area contributed by atoms with Crippen LogP contribution >= 0.6 is 0 Å². The number of carbonyl (C=O) groups is 1. The van der Waals surface area contributed by atoms with Crippen molar-refractivity contribution in [3.63, 3.8) is 0 Å². The molecule has 1 aromatic rings. The molecule has 0 atom stereocenters. The minimum absolute atomic E-state index is 0.0660. The van der Waals surface area contributed by atoms with Crippen LogP contribution in [0.15, 0.2) is 24.3 Å². The summed E-state index contributed by atoms with van der Waals surface area (Å²) in [7, 11) is 0. The van der Waals surface area contributed by atoms with Crippen LogP contribution in [-0.2, 0) is 11.2 Å². The van der Waals surface area contributed by atoms with Crippen molar-refractivity contribution < 1.29 is 4.79 Å². The Morgan fingerprint density at radius 3 is 2.41 bits per heavy atom. The number of hydrogen-bond donors (Lipinski definition) is 2. The highest BCUT2D eigenvalue weighted by molar-refractivity contribution is 5.78. The average Bonchev–Trinajstić information content (AvgIpc) is 2.30. The second kappa shape index (κ2) is 5.71. The zero-order valence-corrected chi connectivity index (χ0v) is 10.9. The van der Waals surface area contributed by atoms with E-state index in [1.807, 2.05) is 24.3 Å². The van der Waals surface area contributed by atoms with Gasteiger partial charge in [-0.1, -0.05) is 32.9 Å². The molecule has 0 saturated heterocycles. The molecule has 3 nitrogen and oxygen atoms in total. The number of carbonyl (C=O) groups excluding carboxylic acids is 1. The van der Waals surface area contributed by atoms with Crippen LogP contribution < -0.4 is 11.1 Å². The summed E-state index contributed by atoms with van der Waals surface area (Å²) in [6.45, 7) is 7.15. The number of rotatable bonds is 5. The second-order valence-electron chi connectivity index (χ2n) is 5.21. The van der Waals surface area contributed by atoms with Gasteiger partial charge in [0.2, 0.25) is 5.91 Å². The summed E-state index contributed by atoms with van der Waals surface area (Å²) < 4.78 is 0. The first-order chi connectivity index (χ1) is 7.93. The van der Waals surface area contributed by atoms with Crippen LogP contribution in [0, 0.1) is 5.41 Å². The molecule has 1 rings (SSSR count). The van der Waals surface area contributed by atoms with Crippen LogP contribution in [0.2, 0.25) is 0 Å². The number of hydrogen-bond acceptors (Lipinski definition) is 2. The summed E-state index contributed by atoms with van der Waals surface area (Å²) in [6, 6.07) is 7.41. The van der Waals surface area contributed by atoms with E-state index < -0.39 is 0 Å². The molecule has 0 spiro atoms. The zero-order chi connectivity index (χ0) is 12.9. The Bertz CT molecular complexity index is 368. The predicted molar refractivity (Wildman–Crippen MR) is 71.6 cm³/mol. The molecule has 94 valence electrons. The van der Waals surface area contributed by atoms with E-state index in [0.29, 0.717) is 6.42 Å². The molecule has 0 fully saturated rings. The van der Waals surface area contributed by atoms with E-state index in [0.717, 1.165) is 24.2 Å². The normalized spacial score (nSPS) is 11.2. The monoisotopic (exact) mass is 234 g/mol. The SMILES string of the molecule is CCC(C)(C)CNC(=O)Cc1ccc(N)cc1. The molecule has 0 unspecified atom stereocenters. The first kappa shape index (κ1) is 13.6. The van der Waals surface area contributed by atoms with Crippen LogP contribution in [0.1, 0.15) is 32.8 Å². The van der Waals surface area contributed by atoms with Crippen molar-refractivity contribution >= 4 is 11.6 Å². The van der Waals surface area contributed by atoms with Gasteiger partial charge in [0.25, 0.3) is 0 Å². The molecule has 0 radical (unpaired) electrons. The Morgan fingerprint density at radius 2 is 1.88 bits per heavy atom. The minimum Gasteiger partial charge on any atom is -0.399 e. The van der Waals surface area contributed by atoms with Crippen molar-refractivity contribution in [3.05, 3.63) is 29.8 Å². The highest BCUT2D eigenvalue weighted by atomic mass is 16.1. The Kier molecular flexibility index (Phi) is 4.55. The molecule has 0 bridgehead atoms. The molecule has 1 aromatic carbocycles. The van der Waals surface area contributed by atoms with E-state index in [2.05, 4.69) is 26.1 Å². The van der Waals surface area contributed by atoms with Crippen LogP contribution in [-0.4, -0.2) is 12.5 Å². The van der Waals surface area contributed by atoms with E-state index in [1.165, 1.54) is 0 Å². The van der Waals surface area contributed by atoms with Crippen molar-refractivity contribution in [2.75, 3.05) is 12.3 Å². The Hall–Kier alpha value is -1.51. The highest BCUT2D eigenvalue weighted by Gasteiger charge is 2.15. The van der Waals surface area contributed by atoms with Gasteiger partial charge in [0.1, 0.15) is 0 Å². The fraction of sp³-hybridized carbons (Fsp3) is 0.500. The van der Waals surface area contributed by atoms with Crippen LogP contribution in [0.25, 0.3) is 0 Å². The van der Waals surface area contributed by atoms with Gasteiger partial charge in [0, 0.05) is 12.2 Å². The van der Waals surface area contributed by atoms with Crippen molar-refractivity contribution in [2.45, 2.75) is 33.6 Å². The fourth-order valence-corrected chi connectivity index (χ4v) is 1.35. The molecule has 0 aromatic heterocycles. The van der Waals surface area contributed by atoms with Gasteiger partial charge in [-0.3, -0.25) is 4.79 Å². The standard InChI is InChI=1S/C14H22N2O/c1-4-14(2,3)10-16-13(17)9-11-5-7-12(15)8-6-11/h5-8H,4,9-10,15H2,1-3H3,(H,16,17). The van der Waals surface area contributed by atoms with E-state index in [1.54, 1.807) is 0 Å². The predicted octanol–water partition coefficient (Wildman–Crippen LogP) is 2.36. The Balaban J connectivity index is 2.42. The lowest BCUT2D eigenvalue weighted by Gasteiger charge is -2.22. The minimum atomic E-state index is 0.0660. The smallest absolute Gasteiger partial charge is 0.224 e. The van der Waals surface area contributed by atoms with Crippen LogP contribution in [0.4, 0.5) is 5.69 Å². The Morgan fingerprint density at radius 1 is 1.29 bits per heavy atom. The van der Waals surface area contributed by atoms with Gasteiger partial charge < -0.3 is 11.1 Å². The van der Waals surface area contributed by atoms with Crippen molar-refractivity contribution in [3.8, 4) is 0 Å². The van der Waals surface area contributed by atoms with Crippen LogP contribution in [0.5, 0.6) is 0 Å².